The van der Waals surface area contributed by atoms with Crippen molar-refractivity contribution < 1.29 is 0 Å². The lowest BCUT2D eigenvalue weighted by molar-refractivity contribution is 1.45. The number of hydrogen-bond acceptors (Lipinski definition) is 2. The van der Waals surface area contributed by atoms with Crippen LogP contribution in [0.5, 0.6) is 0 Å². The van der Waals surface area contributed by atoms with Gasteiger partial charge in [0.1, 0.15) is 0 Å². The van der Waals surface area contributed by atoms with E-state index in [1.54, 1.807) is 0 Å². The van der Waals surface area contributed by atoms with Crippen LogP contribution in [0, 0.1) is 0 Å². The van der Waals surface area contributed by atoms with Gasteiger partial charge in [-0.05, 0) is 31.7 Å². The topological polar surface area (TPSA) is 24.4 Å². The first-order valence-corrected chi connectivity index (χ1v) is 7.29. The highest BCUT2D eigenvalue weighted by Crippen LogP contribution is 2.41. The molecule has 0 spiro atoms. The minimum Gasteiger partial charge on any atom is -0.386 e. The van der Waals surface area contributed by atoms with Crippen LogP contribution in [0.1, 0.15) is 31.9 Å². The van der Waals surface area contributed by atoms with Crippen molar-refractivity contribution in [2.75, 3.05) is 12.4 Å². The number of nitrogens with zero attached hydrogens (tertiary/aromatic N) is 1. The van der Waals surface area contributed by atoms with Gasteiger partial charge in [-0.15, -0.1) is 0 Å². The van der Waals surface area contributed by atoms with E-state index in [1.807, 2.05) is 34.0 Å². The predicted octanol–water partition coefficient (Wildman–Crippen LogP) is 5.67. The smallest absolute Gasteiger partial charge is 0.0941 e. The first-order valence-electron chi connectivity index (χ1n) is 7.29. The lowest BCUT2D eigenvalue weighted by Gasteiger charge is -2.16. The van der Waals surface area contributed by atoms with Gasteiger partial charge in [0.2, 0.25) is 0 Å². The van der Waals surface area contributed by atoms with Gasteiger partial charge >= 0.3 is 0 Å². The van der Waals surface area contributed by atoms with Crippen molar-refractivity contribution in [3.05, 3.63) is 47.5 Å². The normalized spacial score (nSPS) is 12.2. The largest absolute Gasteiger partial charge is 0.386 e. The Kier molecular flexibility index (Phi) is 4.94. The monoisotopic (exact) mass is 278 g/mol. The molecular weight excluding hydrogens is 256 g/mol. The molecule has 0 aliphatic heterocycles. The first kappa shape index (κ1) is 15.0. The zero-order valence-corrected chi connectivity index (χ0v) is 13.1. The molecule has 0 aliphatic carbocycles. The minimum absolute atomic E-state index is 0.991. The molecule has 21 heavy (non-hydrogen) atoms. The van der Waals surface area contributed by atoms with E-state index in [4.69, 9.17) is 0 Å². The van der Waals surface area contributed by atoms with Crippen LogP contribution in [0.4, 0.5) is 11.4 Å². The lowest BCUT2D eigenvalue weighted by atomic mass is 9.94. The van der Waals surface area contributed by atoms with E-state index in [2.05, 4.69) is 58.9 Å². The Morgan fingerprint density at radius 1 is 0.905 bits per heavy atom. The van der Waals surface area contributed by atoms with Crippen molar-refractivity contribution in [1.82, 2.24) is 0 Å². The number of hydrogen-bond donors (Lipinski definition) is 1. The second kappa shape index (κ2) is 6.89. The Balaban J connectivity index is 3.04. The van der Waals surface area contributed by atoms with E-state index in [1.165, 1.54) is 16.3 Å². The summed E-state index contributed by atoms with van der Waals surface area (Å²) in [5.41, 5.74) is 4.43. The van der Waals surface area contributed by atoms with E-state index in [0.29, 0.717) is 0 Å². The zero-order valence-electron chi connectivity index (χ0n) is 13.1. The average Bonchev–Trinajstić information content (AvgIpc) is 2.51. The van der Waals surface area contributed by atoms with Gasteiger partial charge in [0.15, 0.2) is 0 Å². The summed E-state index contributed by atoms with van der Waals surface area (Å²) in [6.45, 7) is 6.03. The van der Waals surface area contributed by atoms with Crippen molar-refractivity contribution >= 4 is 40.5 Å². The number of allylic oxidation sites excluding steroid dienone is 2. The van der Waals surface area contributed by atoms with Crippen LogP contribution in [0.3, 0.4) is 0 Å². The van der Waals surface area contributed by atoms with Gasteiger partial charge in [-0.2, -0.15) is 0 Å². The fourth-order valence-corrected chi connectivity index (χ4v) is 2.67. The Hall–Kier alpha value is -2.35. The highest BCUT2D eigenvalue weighted by molar-refractivity contribution is 6.08. The van der Waals surface area contributed by atoms with E-state index in [9.17, 15) is 0 Å². The molecule has 2 aromatic carbocycles. The summed E-state index contributed by atoms with van der Waals surface area (Å²) in [5.74, 6) is 0. The third kappa shape index (κ3) is 2.75. The molecule has 2 rings (SSSR count). The van der Waals surface area contributed by atoms with Gasteiger partial charge < -0.3 is 5.32 Å². The molecule has 108 valence electrons. The zero-order chi connectivity index (χ0) is 15.2. The number of nitrogens with one attached hydrogen (secondary N) is 1. The summed E-state index contributed by atoms with van der Waals surface area (Å²) in [6, 6.07) is 8.45. The molecule has 2 aromatic rings. The molecule has 0 fully saturated rings. The molecule has 0 heterocycles. The summed E-state index contributed by atoms with van der Waals surface area (Å²) in [6.07, 6.45) is 10.3. The Morgan fingerprint density at radius 2 is 1.52 bits per heavy atom. The molecule has 0 saturated carbocycles. The van der Waals surface area contributed by atoms with Crippen molar-refractivity contribution in [3.8, 4) is 0 Å². The number of benzene rings is 2. The summed E-state index contributed by atoms with van der Waals surface area (Å²) in [7, 11) is 1.95. The Labute approximate surface area is 126 Å². The Morgan fingerprint density at radius 3 is 2.10 bits per heavy atom. The third-order valence-corrected chi connectivity index (χ3v) is 3.44. The molecule has 1 N–H and O–H groups in total. The molecule has 0 saturated heterocycles. The standard InChI is InChI=1S/C19H22N2/c1-5-10-14-15-12-8-9-13-17(15)18(20-4)19(21-7-3)16(14)11-6-2/h5-13,20H,1-4H3/b10-5-,11-6-,21-7-. The molecule has 2 heteroatoms. The number of anilines is 1. The van der Waals surface area contributed by atoms with Crippen LogP contribution in [-0.2, 0) is 0 Å². The SMILES string of the molecule is C/C=C\c1c(/N=C\C)c(NC)c2ccccc2c1/C=C\C. The molecular formula is C19H22N2. The highest BCUT2D eigenvalue weighted by Gasteiger charge is 2.14. The van der Waals surface area contributed by atoms with Gasteiger partial charge in [-0.25, -0.2) is 0 Å². The molecule has 0 unspecified atom stereocenters. The maximum atomic E-state index is 4.62. The number of fused-ring (bicyclic) bond motifs is 1. The number of rotatable bonds is 4. The van der Waals surface area contributed by atoms with Crippen molar-refractivity contribution in [3.63, 3.8) is 0 Å². The lowest BCUT2D eigenvalue weighted by Crippen LogP contribution is -1.96. The molecule has 0 radical (unpaired) electrons. The maximum Gasteiger partial charge on any atom is 0.0941 e. The number of aliphatic imine (C=N–C) groups is 1. The highest BCUT2D eigenvalue weighted by atomic mass is 14.9. The second-order valence-electron chi connectivity index (χ2n) is 4.73. The van der Waals surface area contributed by atoms with Crippen molar-refractivity contribution in [2.24, 2.45) is 4.99 Å². The van der Waals surface area contributed by atoms with E-state index < -0.39 is 0 Å². The first-order chi connectivity index (χ1) is 10.3. The van der Waals surface area contributed by atoms with Crippen LogP contribution in [0.2, 0.25) is 0 Å². The van der Waals surface area contributed by atoms with Crippen molar-refractivity contribution in [1.29, 1.82) is 0 Å². The molecule has 0 aromatic heterocycles. The van der Waals surface area contributed by atoms with Gasteiger partial charge in [0.25, 0.3) is 0 Å². The molecule has 0 aliphatic rings. The van der Waals surface area contributed by atoms with Crippen LogP contribution < -0.4 is 5.32 Å². The Bertz CT molecular complexity index is 722. The van der Waals surface area contributed by atoms with Gasteiger partial charge in [-0.3, -0.25) is 4.99 Å². The van der Waals surface area contributed by atoms with Crippen LogP contribution in [-0.4, -0.2) is 13.3 Å². The van der Waals surface area contributed by atoms with Crippen LogP contribution in [0.15, 0.2) is 41.4 Å². The second-order valence-corrected chi connectivity index (χ2v) is 4.73. The molecule has 2 nitrogen and oxygen atoms in total. The van der Waals surface area contributed by atoms with Crippen LogP contribution >= 0.6 is 0 Å². The van der Waals surface area contributed by atoms with Crippen LogP contribution in [0.25, 0.3) is 22.9 Å². The average molecular weight is 278 g/mol. The summed E-state index contributed by atoms with van der Waals surface area (Å²) in [5, 5.41) is 5.76. The van der Waals surface area contributed by atoms with E-state index >= 15 is 0 Å². The summed E-state index contributed by atoms with van der Waals surface area (Å²) in [4.78, 5) is 4.62. The molecule has 0 atom stereocenters. The quantitative estimate of drug-likeness (QED) is 0.716. The summed E-state index contributed by atoms with van der Waals surface area (Å²) < 4.78 is 0. The minimum atomic E-state index is 0.991. The van der Waals surface area contributed by atoms with E-state index in [-0.39, 0.29) is 0 Å². The van der Waals surface area contributed by atoms with E-state index in [0.717, 1.165) is 16.9 Å². The fourth-order valence-electron chi connectivity index (χ4n) is 2.67. The van der Waals surface area contributed by atoms with Gasteiger partial charge in [0.05, 0.1) is 11.4 Å². The maximum absolute atomic E-state index is 4.62. The fraction of sp³-hybridized carbons (Fsp3) is 0.211. The third-order valence-electron chi connectivity index (χ3n) is 3.44. The summed E-state index contributed by atoms with van der Waals surface area (Å²) >= 11 is 0. The molecule has 0 bridgehead atoms. The van der Waals surface area contributed by atoms with Gasteiger partial charge in [0, 0.05) is 24.2 Å². The predicted molar refractivity (Wildman–Crippen MR) is 96.7 cm³/mol. The van der Waals surface area contributed by atoms with Crippen molar-refractivity contribution in [2.45, 2.75) is 20.8 Å². The van der Waals surface area contributed by atoms with Gasteiger partial charge in [-0.1, -0.05) is 48.6 Å². The molecule has 0 amide bonds.